The van der Waals surface area contributed by atoms with Gasteiger partial charge in [-0.3, -0.25) is 4.90 Å². The summed E-state index contributed by atoms with van der Waals surface area (Å²) in [5, 5.41) is 0. The molecule has 2 nitrogen and oxygen atoms in total. The Morgan fingerprint density at radius 1 is 1.19 bits per heavy atom. The van der Waals surface area contributed by atoms with Crippen molar-refractivity contribution in [2.75, 3.05) is 6.54 Å². The molecule has 3 unspecified atom stereocenters. The van der Waals surface area contributed by atoms with Crippen molar-refractivity contribution in [3.05, 3.63) is 0 Å². The molecular formula is C14H30N2. The minimum atomic E-state index is 0.249. The molecule has 1 fully saturated rings. The lowest BCUT2D eigenvalue weighted by atomic mass is 9.81. The van der Waals surface area contributed by atoms with Crippen LogP contribution in [0.2, 0.25) is 0 Å². The molecule has 0 aromatic rings. The van der Waals surface area contributed by atoms with Gasteiger partial charge in [-0.2, -0.15) is 0 Å². The first-order valence-corrected chi connectivity index (χ1v) is 6.76. The Bertz CT molecular complexity index is 215. The van der Waals surface area contributed by atoms with Crippen molar-refractivity contribution in [3.63, 3.8) is 0 Å². The number of nitrogens with two attached hydrogens (primary N) is 1. The fraction of sp³-hybridized carbons (Fsp3) is 1.00. The maximum atomic E-state index is 6.22. The summed E-state index contributed by atoms with van der Waals surface area (Å²) >= 11 is 0. The first kappa shape index (κ1) is 14.0. The van der Waals surface area contributed by atoms with E-state index in [2.05, 4.69) is 46.4 Å². The second-order valence-electron chi connectivity index (χ2n) is 6.86. The Balaban J connectivity index is 2.86. The molecule has 0 amide bonds. The van der Waals surface area contributed by atoms with Crippen LogP contribution < -0.4 is 5.73 Å². The molecule has 1 rings (SSSR count). The molecule has 0 bridgehead atoms. The molecule has 3 atom stereocenters. The van der Waals surface area contributed by atoms with E-state index in [-0.39, 0.29) is 11.5 Å². The SMILES string of the molecule is CC(C)C1CCCN1C(C(C)N)C(C)(C)C. The van der Waals surface area contributed by atoms with E-state index in [9.17, 15) is 0 Å². The van der Waals surface area contributed by atoms with Crippen LogP contribution in [0.4, 0.5) is 0 Å². The zero-order chi connectivity index (χ0) is 12.5. The molecule has 1 saturated heterocycles. The minimum Gasteiger partial charge on any atom is -0.327 e. The van der Waals surface area contributed by atoms with Crippen LogP contribution >= 0.6 is 0 Å². The van der Waals surface area contributed by atoms with Gasteiger partial charge in [0.15, 0.2) is 0 Å². The van der Waals surface area contributed by atoms with E-state index in [1.165, 1.54) is 19.4 Å². The first-order chi connectivity index (χ1) is 7.25. The van der Waals surface area contributed by atoms with Gasteiger partial charge < -0.3 is 5.73 Å². The molecule has 0 aliphatic carbocycles. The average molecular weight is 226 g/mol. The molecule has 96 valence electrons. The monoisotopic (exact) mass is 226 g/mol. The zero-order valence-corrected chi connectivity index (χ0v) is 12.0. The predicted molar refractivity (Wildman–Crippen MR) is 71.5 cm³/mol. The van der Waals surface area contributed by atoms with Crippen LogP contribution in [-0.4, -0.2) is 29.6 Å². The van der Waals surface area contributed by atoms with E-state index in [1.807, 2.05) is 0 Å². The van der Waals surface area contributed by atoms with Crippen LogP contribution in [-0.2, 0) is 0 Å². The molecular weight excluding hydrogens is 196 g/mol. The third-order valence-electron chi connectivity index (χ3n) is 3.85. The van der Waals surface area contributed by atoms with Crippen molar-refractivity contribution in [2.24, 2.45) is 17.1 Å². The quantitative estimate of drug-likeness (QED) is 0.802. The summed E-state index contributed by atoms with van der Waals surface area (Å²) in [6.45, 7) is 15.0. The highest BCUT2D eigenvalue weighted by molar-refractivity contribution is 4.95. The molecule has 2 N–H and O–H groups in total. The normalized spacial score (nSPS) is 27.4. The van der Waals surface area contributed by atoms with Crippen molar-refractivity contribution in [1.29, 1.82) is 0 Å². The lowest BCUT2D eigenvalue weighted by Crippen LogP contribution is -2.56. The minimum absolute atomic E-state index is 0.249. The summed E-state index contributed by atoms with van der Waals surface area (Å²) in [4.78, 5) is 2.68. The molecule has 2 heteroatoms. The fourth-order valence-corrected chi connectivity index (χ4v) is 3.46. The smallest absolute Gasteiger partial charge is 0.0295 e. The second kappa shape index (κ2) is 5.05. The van der Waals surface area contributed by atoms with E-state index < -0.39 is 0 Å². The number of hydrogen-bond acceptors (Lipinski definition) is 2. The lowest BCUT2D eigenvalue weighted by molar-refractivity contribution is 0.0547. The van der Waals surface area contributed by atoms with Gasteiger partial charge in [-0.05, 0) is 37.6 Å². The number of nitrogens with zero attached hydrogens (tertiary/aromatic N) is 1. The van der Waals surface area contributed by atoms with Crippen LogP contribution in [0.3, 0.4) is 0 Å². The highest BCUT2D eigenvalue weighted by Gasteiger charge is 2.39. The molecule has 1 aliphatic rings. The summed E-state index contributed by atoms with van der Waals surface area (Å²) in [5.74, 6) is 0.742. The van der Waals surface area contributed by atoms with Gasteiger partial charge in [-0.15, -0.1) is 0 Å². The molecule has 0 spiro atoms. The standard InChI is InChI=1S/C14H30N2/c1-10(2)12-8-7-9-16(12)13(11(3)15)14(4,5)6/h10-13H,7-9,15H2,1-6H3. The average Bonchev–Trinajstić information content (AvgIpc) is 2.48. The second-order valence-corrected chi connectivity index (χ2v) is 6.86. The Labute approximate surface area is 102 Å². The van der Waals surface area contributed by atoms with Crippen LogP contribution in [0.15, 0.2) is 0 Å². The highest BCUT2D eigenvalue weighted by atomic mass is 15.2. The van der Waals surface area contributed by atoms with Gasteiger partial charge in [0.1, 0.15) is 0 Å². The maximum absolute atomic E-state index is 6.22. The predicted octanol–water partition coefficient (Wildman–Crippen LogP) is 2.87. The molecule has 1 heterocycles. The molecule has 16 heavy (non-hydrogen) atoms. The van der Waals surface area contributed by atoms with Gasteiger partial charge in [0.25, 0.3) is 0 Å². The van der Waals surface area contributed by atoms with Crippen molar-refractivity contribution >= 4 is 0 Å². The largest absolute Gasteiger partial charge is 0.327 e. The number of rotatable bonds is 3. The zero-order valence-electron chi connectivity index (χ0n) is 12.0. The number of likely N-dealkylation sites (tertiary alicyclic amines) is 1. The van der Waals surface area contributed by atoms with Gasteiger partial charge in [0, 0.05) is 18.1 Å². The summed E-state index contributed by atoms with van der Waals surface area (Å²) in [7, 11) is 0. The van der Waals surface area contributed by atoms with E-state index in [4.69, 9.17) is 5.73 Å². The third kappa shape index (κ3) is 2.98. The Morgan fingerprint density at radius 2 is 1.75 bits per heavy atom. The summed E-state index contributed by atoms with van der Waals surface area (Å²) in [6.07, 6.45) is 2.68. The topological polar surface area (TPSA) is 29.3 Å². The van der Waals surface area contributed by atoms with Gasteiger partial charge in [0.2, 0.25) is 0 Å². The molecule has 0 radical (unpaired) electrons. The van der Waals surface area contributed by atoms with E-state index >= 15 is 0 Å². The van der Waals surface area contributed by atoms with E-state index in [1.54, 1.807) is 0 Å². The van der Waals surface area contributed by atoms with Gasteiger partial charge >= 0.3 is 0 Å². The first-order valence-electron chi connectivity index (χ1n) is 6.76. The third-order valence-corrected chi connectivity index (χ3v) is 3.85. The van der Waals surface area contributed by atoms with Crippen LogP contribution in [0, 0.1) is 11.3 Å². The van der Waals surface area contributed by atoms with Gasteiger partial charge in [0.05, 0.1) is 0 Å². The fourth-order valence-electron chi connectivity index (χ4n) is 3.46. The number of hydrogen-bond donors (Lipinski definition) is 1. The van der Waals surface area contributed by atoms with Crippen LogP contribution in [0.5, 0.6) is 0 Å². The lowest BCUT2D eigenvalue weighted by Gasteiger charge is -2.44. The van der Waals surface area contributed by atoms with Gasteiger partial charge in [-0.1, -0.05) is 34.6 Å². The van der Waals surface area contributed by atoms with E-state index in [0.717, 1.165) is 12.0 Å². The van der Waals surface area contributed by atoms with Crippen molar-refractivity contribution in [3.8, 4) is 0 Å². The molecule has 0 aromatic heterocycles. The van der Waals surface area contributed by atoms with Gasteiger partial charge in [-0.25, -0.2) is 0 Å². The van der Waals surface area contributed by atoms with Crippen molar-refractivity contribution in [2.45, 2.75) is 72.5 Å². The summed E-state index contributed by atoms with van der Waals surface area (Å²) in [5.41, 5.74) is 6.49. The van der Waals surface area contributed by atoms with Crippen LogP contribution in [0.1, 0.15) is 54.4 Å². The summed E-state index contributed by atoms with van der Waals surface area (Å²) < 4.78 is 0. The molecule has 1 aliphatic heterocycles. The van der Waals surface area contributed by atoms with Crippen molar-refractivity contribution in [1.82, 2.24) is 4.90 Å². The van der Waals surface area contributed by atoms with Crippen molar-refractivity contribution < 1.29 is 0 Å². The Kier molecular flexibility index (Phi) is 4.42. The van der Waals surface area contributed by atoms with Crippen LogP contribution in [0.25, 0.3) is 0 Å². The summed E-state index contributed by atoms with van der Waals surface area (Å²) in [6, 6.07) is 1.48. The van der Waals surface area contributed by atoms with E-state index in [0.29, 0.717) is 6.04 Å². The molecule has 0 saturated carbocycles. The Hall–Kier alpha value is -0.0800. The highest BCUT2D eigenvalue weighted by Crippen LogP contribution is 2.34. The Morgan fingerprint density at radius 3 is 2.12 bits per heavy atom. The maximum Gasteiger partial charge on any atom is 0.0295 e. The molecule has 0 aromatic carbocycles.